The first-order valence-electron chi connectivity index (χ1n) is 7.07. The molecule has 1 atom stereocenters. The molecular formula is C15H19ClFNO2. The van der Waals surface area contributed by atoms with E-state index >= 15 is 0 Å². The zero-order valence-corrected chi connectivity index (χ0v) is 12.1. The smallest absolute Gasteiger partial charge is 0.142 e. The molecule has 20 heavy (non-hydrogen) atoms. The number of halogens is 2. The van der Waals surface area contributed by atoms with Gasteiger partial charge >= 0.3 is 0 Å². The predicted molar refractivity (Wildman–Crippen MR) is 75.4 cm³/mol. The third-order valence-corrected chi connectivity index (χ3v) is 4.47. The molecule has 2 aliphatic heterocycles. The van der Waals surface area contributed by atoms with Gasteiger partial charge in [-0.3, -0.25) is 0 Å². The second-order valence-corrected chi connectivity index (χ2v) is 6.04. The van der Waals surface area contributed by atoms with Crippen LogP contribution in [0.2, 0.25) is 5.02 Å². The molecule has 0 aromatic heterocycles. The Balaban J connectivity index is 1.53. The van der Waals surface area contributed by atoms with E-state index in [0.29, 0.717) is 13.2 Å². The highest BCUT2D eigenvalue weighted by molar-refractivity contribution is 6.30. The molecule has 2 saturated heterocycles. The monoisotopic (exact) mass is 299 g/mol. The zero-order valence-electron chi connectivity index (χ0n) is 11.3. The topological polar surface area (TPSA) is 30.5 Å². The number of nitrogens with one attached hydrogen (secondary N) is 1. The number of hydrogen-bond donors (Lipinski definition) is 1. The number of hydrogen-bond acceptors (Lipinski definition) is 3. The van der Waals surface area contributed by atoms with E-state index in [1.54, 1.807) is 12.1 Å². The minimum absolute atomic E-state index is 0.00115. The molecule has 3 nitrogen and oxygen atoms in total. The molecule has 2 fully saturated rings. The fourth-order valence-electron chi connectivity index (χ4n) is 2.98. The summed E-state index contributed by atoms with van der Waals surface area (Å²) in [5.74, 6) is -0.398. The van der Waals surface area contributed by atoms with Gasteiger partial charge in [0.15, 0.2) is 0 Å². The van der Waals surface area contributed by atoms with Crippen LogP contribution in [0.15, 0.2) is 18.2 Å². The Bertz CT molecular complexity index is 477. The molecule has 2 heterocycles. The molecular weight excluding hydrogens is 281 g/mol. The summed E-state index contributed by atoms with van der Waals surface area (Å²) in [6, 6.07) is 4.79. The lowest BCUT2D eigenvalue weighted by Crippen LogP contribution is -2.41. The first-order chi connectivity index (χ1) is 9.67. The van der Waals surface area contributed by atoms with Gasteiger partial charge in [0.25, 0.3) is 0 Å². The summed E-state index contributed by atoms with van der Waals surface area (Å²) >= 11 is 5.66. The number of piperidine rings is 1. The van der Waals surface area contributed by atoms with Crippen molar-refractivity contribution >= 4 is 11.6 Å². The average molecular weight is 300 g/mol. The molecule has 0 amide bonds. The van der Waals surface area contributed by atoms with Crippen molar-refractivity contribution in [3.63, 3.8) is 0 Å². The largest absolute Gasteiger partial charge is 0.372 e. The molecule has 0 aliphatic carbocycles. The van der Waals surface area contributed by atoms with Gasteiger partial charge in [-0.05, 0) is 43.6 Å². The quantitative estimate of drug-likeness (QED) is 0.931. The van der Waals surface area contributed by atoms with Crippen molar-refractivity contribution in [2.24, 2.45) is 0 Å². The second kappa shape index (κ2) is 5.98. The molecule has 3 rings (SSSR count). The van der Waals surface area contributed by atoms with Crippen LogP contribution in [0.3, 0.4) is 0 Å². The van der Waals surface area contributed by atoms with Gasteiger partial charge in [0, 0.05) is 6.42 Å². The van der Waals surface area contributed by atoms with Gasteiger partial charge in [-0.1, -0.05) is 17.7 Å². The maximum atomic E-state index is 13.3. The van der Waals surface area contributed by atoms with Gasteiger partial charge in [-0.2, -0.15) is 0 Å². The molecule has 2 aliphatic rings. The molecule has 1 spiro atoms. The summed E-state index contributed by atoms with van der Waals surface area (Å²) in [6.45, 7) is 3.05. The van der Waals surface area contributed by atoms with Gasteiger partial charge in [-0.15, -0.1) is 0 Å². The number of benzene rings is 1. The molecule has 0 radical (unpaired) electrons. The van der Waals surface area contributed by atoms with Crippen molar-refractivity contribution in [1.29, 1.82) is 0 Å². The van der Waals surface area contributed by atoms with E-state index in [0.717, 1.165) is 37.9 Å². The minimum atomic E-state index is -0.398. The van der Waals surface area contributed by atoms with Gasteiger partial charge in [0.05, 0.1) is 29.9 Å². The zero-order chi connectivity index (χ0) is 14.0. The van der Waals surface area contributed by atoms with Crippen LogP contribution in [0, 0.1) is 5.82 Å². The van der Waals surface area contributed by atoms with Crippen LogP contribution in [0.5, 0.6) is 0 Å². The maximum absolute atomic E-state index is 13.3. The normalized spacial score (nSPS) is 25.2. The van der Waals surface area contributed by atoms with E-state index in [9.17, 15) is 4.39 Å². The van der Waals surface area contributed by atoms with Crippen LogP contribution in [0.1, 0.15) is 24.8 Å². The van der Waals surface area contributed by atoms with Crippen molar-refractivity contribution in [2.75, 3.05) is 19.7 Å². The van der Waals surface area contributed by atoms with E-state index in [4.69, 9.17) is 21.1 Å². The van der Waals surface area contributed by atoms with Crippen molar-refractivity contribution in [3.05, 3.63) is 34.6 Å². The number of ether oxygens (including phenoxy) is 2. The summed E-state index contributed by atoms with van der Waals surface area (Å²) in [5.41, 5.74) is 0.805. The van der Waals surface area contributed by atoms with Crippen LogP contribution in [0.25, 0.3) is 0 Å². The molecule has 0 bridgehead atoms. The van der Waals surface area contributed by atoms with Gasteiger partial charge in [0.1, 0.15) is 5.82 Å². The molecule has 0 saturated carbocycles. The van der Waals surface area contributed by atoms with Gasteiger partial charge in [-0.25, -0.2) is 4.39 Å². The van der Waals surface area contributed by atoms with Gasteiger partial charge in [0.2, 0.25) is 0 Å². The van der Waals surface area contributed by atoms with Crippen LogP contribution in [-0.4, -0.2) is 31.4 Å². The van der Waals surface area contributed by atoms with Crippen molar-refractivity contribution in [3.8, 4) is 0 Å². The van der Waals surface area contributed by atoms with E-state index < -0.39 is 5.82 Å². The fraction of sp³-hybridized carbons (Fsp3) is 0.600. The van der Waals surface area contributed by atoms with E-state index in [1.807, 2.05) is 0 Å². The summed E-state index contributed by atoms with van der Waals surface area (Å²) in [7, 11) is 0. The minimum Gasteiger partial charge on any atom is -0.372 e. The third kappa shape index (κ3) is 3.14. The molecule has 1 aromatic rings. The van der Waals surface area contributed by atoms with Crippen molar-refractivity contribution in [1.82, 2.24) is 5.32 Å². The Hall–Kier alpha value is -0.680. The van der Waals surface area contributed by atoms with Crippen molar-refractivity contribution < 1.29 is 13.9 Å². The standard InChI is InChI=1S/C15H19ClFNO2/c16-13-2-1-11(7-14(13)17)9-19-12-8-15(20-10-12)3-5-18-6-4-15/h1-2,7,12,18H,3-6,8-10H2. The van der Waals surface area contributed by atoms with Crippen LogP contribution in [-0.2, 0) is 16.1 Å². The van der Waals surface area contributed by atoms with Crippen LogP contribution >= 0.6 is 11.6 Å². The SMILES string of the molecule is Fc1cc(COC2COC3(CCNCC3)C2)ccc1Cl. The van der Waals surface area contributed by atoms with E-state index in [2.05, 4.69) is 5.32 Å². The first-order valence-corrected chi connectivity index (χ1v) is 7.45. The Morgan fingerprint density at radius 1 is 1.40 bits per heavy atom. The lowest BCUT2D eigenvalue weighted by Gasteiger charge is -2.32. The highest BCUT2D eigenvalue weighted by Crippen LogP contribution is 2.35. The summed E-state index contributed by atoms with van der Waals surface area (Å²) < 4.78 is 25.2. The summed E-state index contributed by atoms with van der Waals surface area (Å²) in [5, 5.41) is 3.49. The highest BCUT2D eigenvalue weighted by atomic mass is 35.5. The number of rotatable bonds is 3. The van der Waals surface area contributed by atoms with Crippen LogP contribution < -0.4 is 5.32 Å². The third-order valence-electron chi connectivity index (χ3n) is 4.16. The predicted octanol–water partition coefficient (Wildman–Crippen LogP) is 2.91. The summed E-state index contributed by atoms with van der Waals surface area (Å²) in [6.07, 6.45) is 3.13. The lowest BCUT2D eigenvalue weighted by molar-refractivity contribution is -0.0241. The van der Waals surface area contributed by atoms with Crippen LogP contribution in [0.4, 0.5) is 4.39 Å². The summed E-state index contributed by atoms with van der Waals surface area (Å²) in [4.78, 5) is 0. The Kier molecular flexibility index (Phi) is 4.26. The average Bonchev–Trinajstić information content (AvgIpc) is 2.84. The van der Waals surface area contributed by atoms with Gasteiger partial charge < -0.3 is 14.8 Å². The van der Waals surface area contributed by atoms with E-state index in [-0.39, 0.29) is 16.7 Å². The Morgan fingerprint density at radius 3 is 2.95 bits per heavy atom. The highest BCUT2D eigenvalue weighted by Gasteiger charge is 2.41. The Morgan fingerprint density at radius 2 is 2.20 bits per heavy atom. The maximum Gasteiger partial charge on any atom is 0.142 e. The lowest BCUT2D eigenvalue weighted by atomic mass is 9.89. The fourth-order valence-corrected chi connectivity index (χ4v) is 3.10. The second-order valence-electron chi connectivity index (χ2n) is 5.63. The molecule has 110 valence electrons. The van der Waals surface area contributed by atoms with E-state index in [1.165, 1.54) is 6.07 Å². The molecule has 1 N–H and O–H groups in total. The first kappa shape index (κ1) is 14.3. The molecule has 1 unspecified atom stereocenters. The molecule has 1 aromatic carbocycles. The van der Waals surface area contributed by atoms with Crippen molar-refractivity contribution in [2.45, 2.75) is 37.6 Å². The molecule has 5 heteroatoms. The Labute approximate surface area is 123 Å².